The minimum atomic E-state index is -0.789. The van der Waals surface area contributed by atoms with Crippen molar-refractivity contribution in [2.24, 2.45) is 0 Å². The first-order valence-electron chi connectivity index (χ1n) is 10.8. The van der Waals surface area contributed by atoms with E-state index in [1.54, 1.807) is 48.5 Å². The van der Waals surface area contributed by atoms with Gasteiger partial charge in [-0.1, -0.05) is 30.7 Å². The van der Waals surface area contributed by atoms with E-state index in [2.05, 4.69) is 0 Å². The van der Waals surface area contributed by atoms with Gasteiger partial charge in [-0.2, -0.15) is 0 Å². The molecule has 172 valence electrons. The van der Waals surface area contributed by atoms with E-state index >= 15 is 0 Å². The Hall–Kier alpha value is -3.29. The lowest BCUT2D eigenvalue weighted by atomic mass is 9.94. The van der Waals surface area contributed by atoms with Crippen molar-refractivity contribution >= 4 is 34.3 Å². The predicted octanol–water partition coefficient (Wildman–Crippen LogP) is 4.84. The van der Waals surface area contributed by atoms with Crippen LogP contribution in [0.1, 0.15) is 41.9 Å². The fourth-order valence-electron chi connectivity index (χ4n) is 3.99. The number of fused-ring (bicyclic) bond motifs is 1. The third kappa shape index (κ3) is 4.47. The third-order valence-corrected chi connectivity index (χ3v) is 5.70. The number of amides is 1. The van der Waals surface area contributed by atoms with Crippen LogP contribution < -0.4 is 4.74 Å². The van der Waals surface area contributed by atoms with Crippen LogP contribution >= 0.6 is 11.6 Å². The number of aliphatic hydroxyl groups excluding tert-OH is 2. The van der Waals surface area contributed by atoms with Gasteiger partial charge in [0.15, 0.2) is 11.5 Å². The SMILES string of the molecule is CCCN1C(=O)C(O)=C(C(=O)c2cc3cc(Cl)ccc3o2)C1c1cccc(OCCCO)c1. The van der Waals surface area contributed by atoms with Crippen LogP contribution in [-0.2, 0) is 4.79 Å². The number of ketones is 1. The molecule has 2 heterocycles. The molecule has 7 nitrogen and oxygen atoms in total. The number of nitrogens with zero attached hydrogens (tertiary/aromatic N) is 1. The molecule has 4 rings (SSSR count). The summed E-state index contributed by atoms with van der Waals surface area (Å²) in [6, 6.07) is 12.8. The van der Waals surface area contributed by atoms with Crippen LogP contribution in [0.4, 0.5) is 0 Å². The van der Waals surface area contributed by atoms with Crippen molar-refractivity contribution in [1.29, 1.82) is 0 Å². The van der Waals surface area contributed by atoms with Crippen LogP contribution in [0.3, 0.4) is 0 Å². The summed E-state index contributed by atoms with van der Waals surface area (Å²) in [5, 5.41) is 20.9. The minimum absolute atomic E-state index is 0.0130. The van der Waals surface area contributed by atoms with E-state index in [1.807, 2.05) is 6.92 Å². The molecule has 0 aliphatic carbocycles. The molecule has 0 fully saturated rings. The quantitative estimate of drug-likeness (QED) is 0.343. The molecule has 0 bridgehead atoms. The van der Waals surface area contributed by atoms with E-state index in [4.69, 9.17) is 25.9 Å². The fourth-order valence-corrected chi connectivity index (χ4v) is 4.17. The smallest absolute Gasteiger partial charge is 0.290 e. The van der Waals surface area contributed by atoms with Gasteiger partial charge in [-0.05, 0) is 48.4 Å². The Morgan fingerprint density at radius 2 is 2.03 bits per heavy atom. The molecular weight excluding hydrogens is 446 g/mol. The average molecular weight is 470 g/mol. The summed E-state index contributed by atoms with van der Waals surface area (Å²) in [7, 11) is 0. The molecule has 0 radical (unpaired) electrons. The second-order valence-corrected chi connectivity index (χ2v) is 8.22. The monoisotopic (exact) mass is 469 g/mol. The normalized spacial score (nSPS) is 16.2. The van der Waals surface area contributed by atoms with Crippen molar-refractivity contribution in [3.63, 3.8) is 0 Å². The molecule has 3 aromatic rings. The molecule has 1 aliphatic rings. The third-order valence-electron chi connectivity index (χ3n) is 5.46. The second-order valence-electron chi connectivity index (χ2n) is 7.78. The number of rotatable bonds is 9. The highest BCUT2D eigenvalue weighted by molar-refractivity contribution is 6.31. The Kier molecular flexibility index (Phi) is 6.72. The molecule has 1 unspecified atom stereocenters. The summed E-state index contributed by atoms with van der Waals surface area (Å²) in [6.45, 7) is 2.62. The van der Waals surface area contributed by atoms with Crippen LogP contribution in [-0.4, -0.2) is 46.6 Å². The Balaban J connectivity index is 1.75. The number of furan rings is 1. The first-order valence-corrected chi connectivity index (χ1v) is 11.1. The van der Waals surface area contributed by atoms with Crippen molar-refractivity contribution in [2.45, 2.75) is 25.8 Å². The lowest BCUT2D eigenvalue weighted by Gasteiger charge is -2.26. The molecule has 1 amide bonds. The van der Waals surface area contributed by atoms with Crippen LogP contribution in [0.2, 0.25) is 5.02 Å². The van der Waals surface area contributed by atoms with Gasteiger partial charge in [-0.3, -0.25) is 9.59 Å². The van der Waals surface area contributed by atoms with Gasteiger partial charge in [-0.15, -0.1) is 0 Å². The lowest BCUT2D eigenvalue weighted by molar-refractivity contribution is -0.129. The van der Waals surface area contributed by atoms with Crippen molar-refractivity contribution in [3.8, 4) is 5.75 Å². The van der Waals surface area contributed by atoms with Gasteiger partial charge in [0.25, 0.3) is 5.91 Å². The highest BCUT2D eigenvalue weighted by atomic mass is 35.5. The summed E-state index contributed by atoms with van der Waals surface area (Å²) >= 11 is 6.04. The number of Topliss-reactive ketones (excluding diaryl/α,β-unsaturated/α-hetero) is 1. The number of benzene rings is 2. The molecule has 0 spiro atoms. The summed E-state index contributed by atoms with van der Waals surface area (Å²) < 4.78 is 11.4. The van der Waals surface area contributed by atoms with Gasteiger partial charge in [0.1, 0.15) is 11.3 Å². The molecule has 2 N–H and O–H groups in total. The topological polar surface area (TPSA) is 100 Å². The molecule has 0 saturated carbocycles. The number of hydrogen-bond donors (Lipinski definition) is 2. The highest BCUT2D eigenvalue weighted by Crippen LogP contribution is 2.40. The molecule has 1 aliphatic heterocycles. The Morgan fingerprint density at radius 3 is 2.79 bits per heavy atom. The van der Waals surface area contributed by atoms with E-state index in [0.717, 1.165) is 0 Å². The standard InChI is InChI=1S/C25H24ClNO6/c1-2-9-27-22(15-5-3-6-18(13-15)32-11-4-10-28)21(24(30)25(27)31)23(29)20-14-16-12-17(26)7-8-19(16)33-20/h3,5-8,12-14,22,28,30H,2,4,9-11H2,1H3. The molecule has 2 aromatic carbocycles. The van der Waals surface area contributed by atoms with Gasteiger partial charge in [0, 0.05) is 30.0 Å². The Labute approximate surface area is 195 Å². The fraction of sp³-hybridized carbons (Fsp3) is 0.280. The van der Waals surface area contributed by atoms with Crippen molar-refractivity contribution in [1.82, 2.24) is 4.90 Å². The summed E-state index contributed by atoms with van der Waals surface area (Å²) in [4.78, 5) is 27.9. The van der Waals surface area contributed by atoms with Gasteiger partial charge < -0.3 is 24.3 Å². The van der Waals surface area contributed by atoms with Crippen LogP contribution in [0.25, 0.3) is 11.0 Å². The molecule has 1 atom stereocenters. The van der Waals surface area contributed by atoms with E-state index < -0.39 is 23.5 Å². The molecule has 8 heteroatoms. The number of aliphatic hydroxyl groups is 2. The molecular formula is C25H24ClNO6. The zero-order valence-corrected chi connectivity index (χ0v) is 18.8. The zero-order chi connectivity index (χ0) is 23.5. The van der Waals surface area contributed by atoms with E-state index in [1.165, 1.54) is 4.90 Å². The number of halogens is 1. The zero-order valence-electron chi connectivity index (χ0n) is 18.1. The molecule has 1 aromatic heterocycles. The molecule has 0 saturated heterocycles. The van der Waals surface area contributed by atoms with Crippen LogP contribution in [0, 0.1) is 0 Å². The van der Waals surface area contributed by atoms with E-state index in [9.17, 15) is 14.7 Å². The summed E-state index contributed by atoms with van der Waals surface area (Å²) in [5.74, 6) is -1.19. The summed E-state index contributed by atoms with van der Waals surface area (Å²) in [6.07, 6.45) is 1.13. The number of hydrogen-bond acceptors (Lipinski definition) is 6. The lowest BCUT2D eigenvalue weighted by Crippen LogP contribution is -2.31. The maximum atomic E-state index is 13.5. The average Bonchev–Trinajstić information content (AvgIpc) is 3.33. The van der Waals surface area contributed by atoms with E-state index in [-0.39, 0.29) is 17.9 Å². The Morgan fingerprint density at radius 1 is 1.21 bits per heavy atom. The first kappa shape index (κ1) is 22.9. The molecule has 33 heavy (non-hydrogen) atoms. The number of carbonyl (C=O) groups is 2. The first-order chi connectivity index (χ1) is 15.9. The minimum Gasteiger partial charge on any atom is -0.503 e. The van der Waals surface area contributed by atoms with E-state index in [0.29, 0.717) is 53.3 Å². The van der Waals surface area contributed by atoms with Gasteiger partial charge in [0.2, 0.25) is 5.78 Å². The highest BCUT2D eigenvalue weighted by Gasteiger charge is 2.44. The Bertz CT molecular complexity index is 1230. The summed E-state index contributed by atoms with van der Waals surface area (Å²) in [5.41, 5.74) is 1.07. The van der Waals surface area contributed by atoms with Crippen LogP contribution in [0.5, 0.6) is 5.75 Å². The maximum absolute atomic E-state index is 13.5. The largest absolute Gasteiger partial charge is 0.503 e. The van der Waals surface area contributed by atoms with Crippen molar-refractivity contribution in [2.75, 3.05) is 19.8 Å². The predicted molar refractivity (Wildman–Crippen MR) is 124 cm³/mol. The second kappa shape index (κ2) is 9.68. The number of carbonyl (C=O) groups excluding carboxylic acids is 2. The van der Waals surface area contributed by atoms with Crippen molar-refractivity contribution < 1.29 is 29.0 Å². The number of ether oxygens (including phenoxy) is 1. The maximum Gasteiger partial charge on any atom is 0.290 e. The van der Waals surface area contributed by atoms with Crippen molar-refractivity contribution in [3.05, 3.63) is 76.2 Å². The van der Waals surface area contributed by atoms with Gasteiger partial charge in [-0.25, -0.2) is 0 Å². The van der Waals surface area contributed by atoms with Gasteiger partial charge >= 0.3 is 0 Å². The van der Waals surface area contributed by atoms with Crippen LogP contribution in [0.15, 0.2) is 64.3 Å². The van der Waals surface area contributed by atoms with Gasteiger partial charge in [0.05, 0.1) is 18.2 Å².